The van der Waals surface area contributed by atoms with Crippen LogP contribution < -0.4 is 0 Å². The molecule has 0 fully saturated rings. The minimum Gasteiger partial charge on any atom is -0.282 e. The van der Waals surface area contributed by atoms with Crippen LogP contribution in [0.2, 0.25) is 0 Å². The van der Waals surface area contributed by atoms with Crippen LogP contribution in [0.1, 0.15) is 11.3 Å². The molecular formula is C7H10N2S. The number of aromatic amines is 1. The highest BCUT2D eigenvalue weighted by atomic mass is 32.1. The molecule has 1 aromatic rings. The maximum atomic E-state index is 4.05. The molecule has 1 heterocycles. The molecular weight excluding hydrogens is 144 g/mol. The van der Waals surface area contributed by atoms with Gasteiger partial charge in [0.05, 0.1) is 6.20 Å². The third kappa shape index (κ3) is 1.64. The average molecular weight is 154 g/mol. The summed E-state index contributed by atoms with van der Waals surface area (Å²) in [6.07, 6.45) is 5.79. The van der Waals surface area contributed by atoms with Gasteiger partial charge >= 0.3 is 0 Å². The van der Waals surface area contributed by atoms with Crippen molar-refractivity contribution in [1.29, 1.82) is 0 Å². The molecule has 0 saturated heterocycles. The molecule has 1 N–H and O–H groups in total. The molecule has 0 unspecified atom stereocenters. The summed E-state index contributed by atoms with van der Waals surface area (Å²) in [7, 11) is 0. The molecule has 3 heteroatoms. The highest BCUT2D eigenvalue weighted by Crippen LogP contribution is 2.04. The van der Waals surface area contributed by atoms with Gasteiger partial charge < -0.3 is 0 Å². The van der Waals surface area contributed by atoms with Crippen molar-refractivity contribution in [2.24, 2.45) is 0 Å². The Bertz CT molecular complexity index is 227. The SMILES string of the molecule is Cc1[nH]ncc1C=CCS. The standard InChI is InChI=1S/C7H10N2S/c1-6-7(3-2-4-10)5-8-9-6/h2-3,5,10H,4H2,1H3,(H,8,9). The second-order valence-electron chi connectivity index (χ2n) is 2.04. The van der Waals surface area contributed by atoms with E-state index in [1.165, 1.54) is 0 Å². The Hall–Kier alpha value is -0.700. The van der Waals surface area contributed by atoms with E-state index in [1.807, 2.05) is 19.1 Å². The van der Waals surface area contributed by atoms with Crippen molar-refractivity contribution in [3.05, 3.63) is 23.5 Å². The summed E-state index contributed by atoms with van der Waals surface area (Å²) in [5, 5.41) is 6.72. The third-order valence-corrected chi connectivity index (χ3v) is 1.48. The number of nitrogens with one attached hydrogen (secondary N) is 1. The number of hydrogen-bond acceptors (Lipinski definition) is 2. The number of rotatable bonds is 2. The molecule has 0 aliphatic heterocycles. The largest absolute Gasteiger partial charge is 0.282 e. The Morgan fingerprint density at radius 2 is 2.60 bits per heavy atom. The quantitative estimate of drug-likeness (QED) is 0.623. The van der Waals surface area contributed by atoms with E-state index in [1.54, 1.807) is 6.20 Å². The molecule has 1 rings (SSSR count). The summed E-state index contributed by atoms with van der Waals surface area (Å²) in [6, 6.07) is 0. The van der Waals surface area contributed by atoms with Crippen molar-refractivity contribution >= 4 is 18.7 Å². The van der Waals surface area contributed by atoms with E-state index >= 15 is 0 Å². The second-order valence-corrected chi connectivity index (χ2v) is 2.40. The molecule has 54 valence electrons. The first kappa shape index (κ1) is 7.41. The molecule has 2 nitrogen and oxygen atoms in total. The van der Waals surface area contributed by atoms with Gasteiger partial charge in [0.15, 0.2) is 0 Å². The predicted molar refractivity (Wildman–Crippen MR) is 46.2 cm³/mol. The number of aromatic nitrogens is 2. The molecule has 0 aromatic carbocycles. The number of H-pyrrole nitrogens is 1. The summed E-state index contributed by atoms with van der Waals surface area (Å²) in [6.45, 7) is 1.99. The smallest absolute Gasteiger partial charge is 0.0562 e. The lowest BCUT2D eigenvalue weighted by atomic mass is 10.2. The molecule has 0 radical (unpaired) electrons. The van der Waals surface area contributed by atoms with E-state index < -0.39 is 0 Å². The van der Waals surface area contributed by atoms with Crippen LogP contribution in [0.25, 0.3) is 6.08 Å². The molecule has 0 amide bonds. The second kappa shape index (κ2) is 3.46. The van der Waals surface area contributed by atoms with Crippen LogP contribution in [-0.4, -0.2) is 16.0 Å². The molecule has 10 heavy (non-hydrogen) atoms. The third-order valence-electron chi connectivity index (χ3n) is 1.27. The zero-order valence-corrected chi connectivity index (χ0v) is 6.73. The molecule has 0 bridgehead atoms. The lowest BCUT2D eigenvalue weighted by Crippen LogP contribution is -1.73. The zero-order chi connectivity index (χ0) is 7.40. The number of hydrogen-bond donors (Lipinski definition) is 2. The van der Waals surface area contributed by atoms with Crippen molar-refractivity contribution < 1.29 is 0 Å². The van der Waals surface area contributed by atoms with Gasteiger partial charge in [-0.25, -0.2) is 0 Å². The van der Waals surface area contributed by atoms with E-state index in [4.69, 9.17) is 0 Å². The van der Waals surface area contributed by atoms with Crippen LogP contribution in [0.4, 0.5) is 0 Å². The van der Waals surface area contributed by atoms with Gasteiger partial charge in [-0.05, 0) is 6.92 Å². The normalized spacial score (nSPS) is 11.0. The molecule has 0 atom stereocenters. The number of thiol groups is 1. The van der Waals surface area contributed by atoms with E-state index in [0.717, 1.165) is 17.0 Å². The van der Waals surface area contributed by atoms with Crippen LogP contribution in [-0.2, 0) is 0 Å². The van der Waals surface area contributed by atoms with E-state index in [9.17, 15) is 0 Å². The Kier molecular flexibility index (Phi) is 2.57. The van der Waals surface area contributed by atoms with Gasteiger partial charge in [-0.2, -0.15) is 17.7 Å². The van der Waals surface area contributed by atoms with Crippen LogP contribution in [0, 0.1) is 6.92 Å². The summed E-state index contributed by atoms with van der Waals surface area (Å²) < 4.78 is 0. The summed E-state index contributed by atoms with van der Waals surface area (Å²) >= 11 is 4.05. The maximum absolute atomic E-state index is 4.05. The summed E-state index contributed by atoms with van der Waals surface area (Å²) in [5.41, 5.74) is 2.23. The first-order valence-corrected chi connectivity index (χ1v) is 3.75. The van der Waals surface area contributed by atoms with Gasteiger partial charge in [0.25, 0.3) is 0 Å². The van der Waals surface area contributed by atoms with Crippen molar-refractivity contribution in [2.45, 2.75) is 6.92 Å². The number of aryl methyl sites for hydroxylation is 1. The lowest BCUT2D eigenvalue weighted by molar-refractivity contribution is 1.05. The minimum atomic E-state index is 0.768. The van der Waals surface area contributed by atoms with Crippen LogP contribution in [0.3, 0.4) is 0 Å². The van der Waals surface area contributed by atoms with Gasteiger partial charge in [0.1, 0.15) is 0 Å². The molecule has 0 aliphatic carbocycles. The predicted octanol–water partition coefficient (Wildman–Crippen LogP) is 1.66. The van der Waals surface area contributed by atoms with E-state index in [0.29, 0.717) is 0 Å². The van der Waals surface area contributed by atoms with E-state index in [2.05, 4.69) is 22.8 Å². The highest BCUT2D eigenvalue weighted by Gasteiger charge is 1.91. The monoisotopic (exact) mass is 154 g/mol. The molecule has 0 saturated carbocycles. The summed E-state index contributed by atoms with van der Waals surface area (Å²) in [4.78, 5) is 0. The fraction of sp³-hybridized carbons (Fsp3) is 0.286. The Morgan fingerprint density at radius 3 is 3.10 bits per heavy atom. The van der Waals surface area contributed by atoms with Crippen LogP contribution in [0.15, 0.2) is 12.3 Å². The minimum absolute atomic E-state index is 0.768. The fourth-order valence-corrected chi connectivity index (χ4v) is 0.813. The van der Waals surface area contributed by atoms with E-state index in [-0.39, 0.29) is 0 Å². The van der Waals surface area contributed by atoms with Crippen molar-refractivity contribution in [2.75, 3.05) is 5.75 Å². The zero-order valence-electron chi connectivity index (χ0n) is 5.83. The van der Waals surface area contributed by atoms with Crippen molar-refractivity contribution in [3.8, 4) is 0 Å². The Balaban J connectivity index is 2.74. The van der Waals surface area contributed by atoms with Gasteiger partial charge in [-0.15, -0.1) is 0 Å². The highest BCUT2D eigenvalue weighted by molar-refractivity contribution is 7.80. The van der Waals surface area contributed by atoms with Gasteiger partial charge in [0.2, 0.25) is 0 Å². The van der Waals surface area contributed by atoms with Crippen LogP contribution >= 0.6 is 12.6 Å². The van der Waals surface area contributed by atoms with Crippen molar-refractivity contribution in [1.82, 2.24) is 10.2 Å². The van der Waals surface area contributed by atoms with Gasteiger partial charge in [0, 0.05) is 17.0 Å². The molecule has 0 spiro atoms. The topological polar surface area (TPSA) is 28.7 Å². The molecule has 0 aliphatic rings. The molecule has 1 aromatic heterocycles. The van der Waals surface area contributed by atoms with Gasteiger partial charge in [-0.1, -0.05) is 12.2 Å². The van der Waals surface area contributed by atoms with Crippen LogP contribution in [0.5, 0.6) is 0 Å². The van der Waals surface area contributed by atoms with Crippen molar-refractivity contribution in [3.63, 3.8) is 0 Å². The summed E-state index contributed by atoms with van der Waals surface area (Å²) in [5.74, 6) is 0.768. The number of nitrogens with zero attached hydrogens (tertiary/aromatic N) is 1. The Labute approximate surface area is 65.8 Å². The average Bonchev–Trinajstić information content (AvgIpc) is 2.31. The maximum Gasteiger partial charge on any atom is 0.0562 e. The Morgan fingerprint density at radius 1 is 1.80 bits per heavy atom. The lowest BCUT2D eigenvalue weighted by Gasteiger charge is -1.85. The first-order chi connectivity index (χ1) is 4.84. The fourth-order valence-electron chi connectivity index (χ4n) is 0.708. The first-order valence-electron chi connectivity index (χ1n) is 3.12. The van der Waals surface area contributed by atoms with Gasteiger partial charge in [-0.3, -0.25) is 5.10 Å².